The minimum Gasteiger partial charge on any atom is -0.315 e. The third-order valence-electron chi connectivity index (χ3n) is 4.72. The zero-order chi connectivity index (χ0) is 12.6. The normalized spacial score (nSPS) is 23.0. The number of nitrogens with one attached hydrogen (secondary N) is 1. The maximum absolute atomic E-state index is 13.3. The molecule has 2 aliphatic rings. The van der Waals surface area contributed by atoms with E-state index in [1.165, 1.54) is 37.8 Å². The van der Waals surface area contributed by atoms with E-state index in [1.807, 2.05) is 0 Å². The number of hydrogen-bond acceptors (Lipinski definition) is 1. The molecule has 1 N–H and O–H groups in total. The molecule has 1 aliphatic carbocycles. The lowest BCUT2D eigenvalue weighted by Crippen LogP contribution is -2.58. The molecule has 3 rings (SSSR count). The molecule has 1 aliphatic heterocycles. The molecule has 0 spiro atoms. The number of halogens is 2. The fourth-order valence-corrected chi connectivity index (χ4v) is 3.60. The van der Waals surface area contributed by atoms with Gasteiger partial charge >= 0.3 is 0 Å². The van der Waals surface area contributed by atoms with Gasteiger partial charge in [0.15, 0.2) is 11.6 Å². The first-order valence-corrected chi connectivity index (χ1v) is 6.84. The van der Waals surface area contributed by atoms with Crippen LogP contribution in [-0.4, -0.2) is 13.1 Å². The van der Waals surface area contributed by atoms with E-state index in [0.29, 0.717) is 5.41 Å². The lowest BCUT2D eigenvalue weighted by Gasteiger charge is -2.48. The van der Waals surface area contributed by atoms with Gasteiger partial charge in [0.2, 0.25) is 0 Å². The Balaban J connectivity index is 1.78. The van der Waals surface area contributed by atoms with Gasteiger partial charge in [-0.3, -0.25) is 0 Å². The van der Waals surface area contributed by atoms with Crippen LogP contribution in [0.3, 0.4) is 0 Å². The quantitative estimate of drug-likeness (QED) is 0.869. The Hall–Kier alpha value is -0.960. The highest BCUT2D eigenvalue weighted by Gasteiger charge is 2.44. The van der Waals surface area contributed by atoms with Crippen LogP contribution in [0.15, 0.2) is 18.2 Å². The fraction of sp³-hybridized carbons (Fsp3) is 0.600. The topological polar surface area (TPSA) is 12.0 Å². The zero-order valence-corrected chi connectivity index (χ0v) is 10.5. The van der Waals surface area contributed by atoms with Crippen molar-refractivity contribution < 1.29 is 8.78 Å². The number of benzene rings is 1. The van der Waals surface area contributed by atoms with Crippen LogP contribution in [0.25, 0.3) is 0 Å². The third kappa shape index (κ3) is 2.05. The maximum atomic E-state index is 13.3. The average molecular weight is 251 g/mol. The van der Waals surface area contributed by atoms with Gasteiger partial charge < -0.3 is 5.32 Å². The van der Waals surface area contributed by atoms with Crippen LogP contribution < -0.4 is 5.32 Å². The Morgan fingerprint density at radius 3 is 2.39 bits per heavy atom. The number of hydrogen-bond donors (Lipinski definition) is 1. The van der Waals surface area contributed by atoms with Gasteiger partial charge in [0.1, 0.15) is 0 Å². The van der Waals surface area contributed by atoms with Gasteiger partial charge in [0.25, 0.3) is 0 Å². The molecule has 0 bridgehead atoms. The van der Waals surface area contributed by atoms with Crippen LogP contribution in [0.4, 0.5) is 8.78 Å². The second kappa shape index (κ2) is 4.61. The molecular formula is C15H19F2N. The van der Waals surface area contributed by atoms with Crippen molar-refractivity contribution in [3.63, 3.8) is 0 Å². The van der Waals surface area contributed by atoms with E-state index in [9.17, 15) is 8.78 Å². The van der Waals surface area contributed by atoms with Crippen LogP contribution in [0, 0.1) is 23.0 Å². The number of rotatable bonds is 3. The first-order valence-electron chi connectivity index (χ1n) is 6.84. The summed E-state index contributed by atoms with van der Waals surface area (Å²) in [5, 5.41) is 3.36. The summed E-state index contributed by atoms with van der Waals surface area (Å²) in [7, 11) is 0. The Labute approximate surface area is 107 Å². The largest absolute Gasteiger partial charge is 0.315 e. The zero-order valence-electron chi connectivity index (χ0n) is 10.5. The third-order valence-corrected chi connectivity index (χ3v) is 4.72. The molecule has 0 aromatic heterocycles. The summed E-state index contributed by atoms with van der Waals surface area (Å²) < 4.78 is 26.2. The summed E-state index contributed by atoms with van der Waals surface area (Å²) in [6, 6.07) is 4.34. The van der Waals surface area contributed by atoms with E-state index < -0.39 is 11.6 Å². The molecular weight excluding hydrogens is 232 g/mol. The minimum absolute atomic E-state index is 0.292. The molecule has 2 fully saturated rings. The minimum atomic E-state index is -0.750. The smallest absolute Gasteiger partial charge is 0.159 e. The van der Waals surface area contributed by atoms with Crippen molar-refractivity contribution >= 4 is 0 Å². The molecule has 0 radical (unpaired) electrons. The van der Waals surface area contributed by atoms with Crippen LogP contribution in [0.1, 0.15) is 31.2 Å². The molecule has 0 amide bonds. The van der Waals surface area contributed by atoms with E-state index in [0.717, 1.165) is 31.0 Å². The Morgan fingerprint density at radius 2 is 1.83 bits per heavy atom. The van der Waals surface area contributed by atoms with Crippen molar-refractivity contribution in [2.24, 2.45) is 11.3 Å². The molecule has 0 atom stereocenters. The molecule has 1 saturated heterocycles. The monoisotopic (exact) mass is 251 g/mol. The van der Waals surface area contributed by atoms with E-state index >= 15 is 0 Å². The molecule has 1 saturated carbocycles. The van der Waals surface area contributed by atoms with E-state index in [2.05, 4.69) is 5.32 Å². The predicted octanol–water partition coefficient (Wildman–Crippen LogP) is 3.29. The fourth-order valence-electron chi connectivity index (χ4n) is 3.60. The van der Waals surface area contributed by atoms with Crippen molar-refractivity contribution in [1.29, 1.82) is 0 Å². The summed E-state index contributed by atoms with van der Waals surface area (Å²) >= 11 is 0. The van der Waals surface area contributed by atoms with Crippen molar-refractivity contribution in [1.82, 2.24) is 5.32 Å². The molecule has 3 heteroatoms. The van der Waals surface area contributed by atoms with Crippen LogP contribution >= 0.6 is 0 Å². The van der Waals surface area contributed by atoms with E-state index in [1.54, 1.807) is 6.07 Å². The molecule has 1 aromatic carbocycles. The highest BCUT2D eigenvalue weighted by molar-refractivity contribution is 5.21. The molecule has 1 nitrogen and oxygen atoms in total. The van der Waals surface area contributed by atoms with Crippen molar-refractivity contribution in [2.45, 2.75) is 32.1 Å². The first kappa shape index (κ1) is 12.1. The SMILES string of the molecule is Fc1ccc(CC2(C3CCCC3)CNC2)cc1F. The summed E-state index contributed by atoms with van der Waals surface area (Å²) in [6.45, 7) is 2.05. The first-order chi connectivity index (χ1) is 8.70. The lowest BCUT2D eigenvalue weighted by molar-refractivity contribution is 0.0810. The molecule has 98 valence electrons. The molecule has 1 heterocycles. The predicted molar refractivity (Wildman–Crippen MR) is 67.3 cm³/mol. The summed E-state index contributed by atoms with van der Waals surface area (Å²) in [4.78, 5) is 0. The summed E-state index contributed by atoms with van der Waals surface area (Å²) in [6.07, 6.45) is 6.12. The van der Waals surface area contributed by atoms with Gasteiger partial charge in [-0.15, -0.1) is 0 Å². The Morgan fingerprint density at radius 1 is 1.11 bits per heavy atom. The van der Waals surface area contributed by atoms with Gasteiger partial charge in [-0.05, 0) is 42.9 Å². The molecule has 0 unspecified atom stereocenters. The van der Waals surface area contributed by atoms with Gasteiger partial charge in [0, 0.05) is 18.5 Å². The highest BCUT2D eigenvalue weighted by atomic mass is 19.2. The van der Waals surface area contributed by atoms with E-state index in [-0.39, 0.29) is 0 Å². The van der Waals surface area contributed by atoms with Crippen LogP contribution in [0.5, 0.6) is 0 Å². The van der Waals surface area contributed by atoms with Gasteiger partial charge in [-0.25, -0.2) is 8.78 Å². The van der Waals surface area contributed by atoms with Crippen LogP contribution in [-0.2, 0) is 6.42 Å². The highest BCUT2D eigenvalue weighted by Crippen LogP contribution is 2.44. The maximum Gasteiger partial charge on any atom is 0.159 e. The van der Waals surface area contributed by atoms with E-state index in [4.69, 9.17) is 0 Å². The molecule has 1 aromatic rings. The van der Waals surface area contributed by atoms with Crippen molar-refractivity contribution in [3.8, 4) is 0 Å². The van der Waals surface area contributed by atoms with Crippen molar-refractivity contribution in [3.05, 3.63) is 35.4 Å². The second-order valence-corrected chi connectivity index (χ2v) is 5.87. The van der Waals surface area contributed by atoms with Gasteiger partial charge in [-0.1, -0.05) is 18.9 Å². The standard InChI is InChI=1S/C15H19F2N/c16-13-6-5-11(7-14(13)17)8-15(9-18-10-15)12-3-1-2-4-12/h5-7,12,18H,1-4,8-10H2. The van der Waals surface area contributed by atoms with Crippen molar-refractivity contribution in [2.75, 3.05) is 13.1 Å². The Kier molecular flexibility index (Phi) is 3.10. The average Bonchev–Trinajstić information content (AvgIpc) is 2.82. The summed E-state index contributed by atoms with van der Waals surface area (Å²) in [5.74, 6) is -0.714. The van der Waals surface area contributed by atoms with Gasteiger partial charge in [-0.2, -0.15) is 0 Å². The van der Waals surface area contributed by atoms with Gasteiger partial charge in [0.05, 0.1) is 0 Å². The lowest BCUT2D eigenvalue weighted by atomic mass is 9.66. The second-order valence-electron chi connectivity index (χ2n) is 5.87. The van der Waals surface area contributed by atoms with Crippen LogP contribution in [0.2, 0.25) is 0 Å². The summed E-state index contributed by atoms with van der Waals surface area (Å²) in [5.41, 5.74) is 1.23. The Bertz CT molecular complexity index is 434. The molecule has 18 heavy (non-hydrogen) atoms.